The second kappa shape index (κ2) is 6.29. The first kappa shape index (κ1) is 15.5. The van der Waals surface area contributed by atoms with Gasteiger partial charge in [0.1, 0.15) is 0 Å². The fourth-order valence-electron chi connectivity index (χ4n) is 2.15. The van der Waals surface area contributed by atoms with Crippen molar-refractivity contribution in [2.45, 2.75) is 45.4 Å². The molecule has 1 aliphatic carbocycles. The van der Waals surface area contributed by atoms with Gasteiger partial charge in [0.15, 0.2) is 6.61 Å². The van der Waals surface area contributed by atoms with Gasteiger partial charge in [0.25, 0.3) is 5.91 Å². The second-order valence-electron chi connectivity index (χ2n) is 6.61. The van der Waals surface area contributed by atoms with E-state index in [1.54, 1.807) is 0 Å². The summed E-state index contributed by atoms with van der Waals surface area (Å²) in [5.41, 5.74) is 2.01. The third kappa shape index (κ3) is 4.31. The molecular formula is C17H23NO3. The number of anilines is 1. The average molecular weight is 289 g/mol. The van der Waals surface area contributed by atoms with E-state index in [4.69, 9.17) is 4.74 Å². The van der Waals surface area contributed by atoms with Crippen molar-refractivity contribution in [3.05, 3.63) is 29.8 Å². The molecule has 21 heavy (non-hydrogen) atoms. The molecule has 0 aromatic heterocycles. The van der Waals surface area contributed by atoms with E-state index in [1.807, 2.05) is 24.3 Å². The van der Waals surface area contributed by atoms with Crippen molar-refractivity contribution in [1.82, 2.24) is 0 Å². The Labute approximate surface area is 125 Å². The molecule has 2 rings (SSSR count). The van der Waals surface area contributed by atoms with Crippen molar-refractivity contribution in [1.29, 1.82) is 0 Å². The van der Waals surface area contributed by atoms with Crippen molar-refractivity contribution in [3.63, 3.8) is 0 Å². The smallest absolute Gasteiger partial charge is 0.309 e. The summed E-state index contributed by atoms with van der Waals surface area (Å²) in [6.07, 6.45) is 2.84. The highest BCUT2D eigenvalue weighted by molar-refractivity contribution is 5.92. The fourth-order valence-corrected chi connectivity index (χ4v) is 2.15. The summed E-state index contributed by atoms with van der Waals surface area (Å²) in [6, 6.07) is 7.73. The van der Waals surface area contributed by atoms with Crippen LogP contribution in [0.2, 0.25) is 0 Å². The lowest BCUT2D eigenvalue weighted by Gasteiger charge is -2.22. The summed E-state index contributed by atoms with van der Waals surface area (Å²) in [5.74, 6) is -0.547. The third-order valence-electron chi connectivity index (χ3n) is 3.82. The Kier molecular flexibility index (Phi) is 4.66. The average Bonchev–Trinajstić information content (AvgIpc) is 2.34. The molecule has 1 aromatic carbocycles. The second-order valence-corrected chi connectivity index (χ2v) is 6.61. The van der Waals surface area contributed by atoms with Gasteiger partial charge in [-0.05, 0) is 36.0 Å². The summed E-state index contributed by atoms with van der Waals surface area (Å²) >= 11 is 0. The Hall–Kier alpha value is -1.84. The van der Waals surface area contributed by atoms with Crippen molar-refractivity contribution in [3.8, 4) is 0 Å². The molecule has 0 heterocycles. The molecule has 0 unspecified atom stereocenters. The molecule has 0 aliphatic heterocycles. The van der Waals surface area contributed by atoms with E-state index in [2.05, 4.69) is 26.1 Å². The van der Waals surface area contributed by atoms with Gasteiger partial charge in [-0.25, -0.2) is 0 Å². The fraction of sp³-hybridized carbons (Fsp3) is 0.529. The van der Waals surface area contributed by atoms with Crippen LogP contribution in [-0.4, -0.2) is 18.5 Å². The molecule has 1 aromatic rings. The van der Waals surface area contributed by atoms with E-state index >= 15 is 0 Å². The zero-order chi connectivity index (χ0) is 15.5. The van der Waals surface area contributed by atoms with Gasteiger partial charge in [-0.1, -0.05) is 39.3 Å². The van der Waals surface area contributed by atoms with Gasteiger partial charge >= 0.3 is 5.97 Å². The van der Waals surface area contributed by atoms with Gasteiger partial charge < -0.3 is 10.1 Å². The van der Waals surface area contributed by atoms with E-state index < -0.39 is 0 Å². The largest absolute Gasteiger partial charge is 0.455 e. The molecule has 1 amide bonds. The van der Waals surface area contributed by atoms with Crippen LogP contribution in [0.3, 0.4) is 0 Å². The number of ether oxygens (including phenoxy) is 1. The van der Waals surface area contributed by atoms with Crippen LogP contribution in [0, 0.1) is 5.92 Å². The quantitative estimate of drug-likeness (QED) is 0.866. The highest BCUT2D eigenvalue weighted by Crippen LogP contribution is 2.27. The number of carbonyl (C=O) groups excluding carboxylic acids is 2. The first-order valence-corrected chi connectivity index (χ1v) is 7.43. The number of amides is 1. The molecule has 0 atom stereocenters. The first-order valence-electron chi connectivity index (χ1n) is 7.43. The van der Waals surface area contributed by atoms with Gasteiger partial charge in [-0.2, -0.15) is 0 Å². The lowest BCUT2D eigenvalue weighted by atomic mass is 9.86. The number of carbonyl (C=O) groups is 2. The predicted molar refractivity (Wildman–Crippen MR) is 82.1 cm³/mol. The standard InChI is InChI=1S/C17H23NO3/c1-17(2,3)13-7-9-14(10-8-13)18-15(19)11-21-16(20)12-5-4-6-12/h7-10,12H,4-6,11H2,1-3H3,(H,18,19). The summed E-state index contributed by atoms with van der Waals surface area (Å²) in [4.78, 5) is 23.3. The third-order valence-corrected chi connectivity index (χ3v) is 3.82. The Morgan fingerprint density at radius 3 is 2.29 bits per heavy atom. The van der Waals surface area contributed by atoms with Gasteiger partial charge in [-0.3, -0.25) is 9.59 Å². The van der Waals surface area contributed by atoms with Crippen LogP contribution in [0.15, 0.2) is 24.3 Å². The van der Waals surface area contributed by atoms with Crippen molar-refractivity contribution in [2.75, 3.05) is 11.9 Å². The molecule has 1 aliphatic rings. The molecule has 1 N–H and O–H groups in total. The summed E-state index contributed by atoms with van der Waals surface area (Å²) in [7, 11) is 0. The van der Waals surface area contributed by atoms with Crippen LogP contribution in [-0.2, 0) is 19.7 Å². The Bertz CT molecular complexity index is 510. The zero-order valence-electron chi connectivity index (χ0n) is 12.9. The maximum absolute atomic E-state index is 11.7. The minimum Gasteiger partial charge on any atom is -0.455 e. The van der Waals surface area contributed by atoms with Crippen LogP contribution in [0.25, 0.3) is 0 Å². The molecule has 1 saturated carbocycles. The number of nitrogens with one attached hydrogen (secondary N) is 1. The van der Waals surface area contributed by atoms with Crippen molar-refractivity contribution < 1.29 is 14.3 Å². The van der Waals surface area contributed by atoms with Crippen molar-refractivity contribution in [2.24, 2.45) is 5.92 Å². The molecular weight excluding hydrogens is 266 g/mol. The number of hydrogen-bond donors (Lipinski definition) is 1. The van der Waals surface area contributed by atoms with Crippen LogP contribution < -0.4 is 5.32 Å². The van der Waals surface area contributed by atoms with Gasteiger partial charge in [-0.15, -0.1) is 0 Å². The van der Waals surface area contributed by atoms with Crippen LogP contribution in [0.1, 0.15) is 45.6 Å². The lowest BCUT2D eigenvalue weighted by Crippen LogP contribution is -2.28. The molecule has 4 nitrogen and oxygen atoms in total. The summed E-state index contributed by atoms with van der Waals surface area (Å²) < 4.78 is 5.01. The van der Waals surface area contributed by atoms with Gasteiger partial charge in [0.2, 0.25) is 0 Å². The zero-order valence-corrected chi connectivity index (χ0v) is 12.9. The molecule has 114 valence electrons. The first-order chi connectivity index (χ1) is 9.86. The van der Waals surface area contributed by atoms with Gasteiger partial charge in [0.05, 0.1) is 5.92 Å². The van der Waals surface area contributed by atoms with E-state index in [0.29, 0.717) is 5.69 Å². The normalized spacial score (nSPS) is 15.2. The maximum atomic E-state index is 11.7. The minimum absolute atomic E-state index is 0.00358. The monoisotopic (exact) mass is 289 g/mol. The predicted octanol–water partition coefficient (Wildman–Crippen LogP) is 3.27. The Morgan fingerprint density at radius 1 is 1.19 bits per heavy atom. The molecule has 0 radical (unpaired) electrons. The van der Waals surface area contributed by atoms with Crippen LogP contribution >= 0.6 is 0 Å². The van der Waals surface area contributed by atoms with E-state index in [1.165, 1.54) is 5.56 Å². The molecule has 0 spiro atoms. The summed E-state index contributed by atoms with van der Waals surface area (Å²) in [6.45, 7) is 6.21. The molecule has 0 saturated heterocycles. The summed E-state index contributed by atoms with van der Waals surface area (Å²) in [5, 5.41) is 2.73. The highest BCUT2D eigenvalue weighted by Gasteiger charge is 2.27. The maximum Gasteiger partial charge on any atom is 0.309 e. The van der Waals surface area contributed by atoms with Crippen LogP contribution in [0.5, 0.6) is 0 Å². The number of esters is 1. The minimum atomic E-state index is -0.300. The van der Waals surface area contributed by atoms with Crippen molar-refractivity contribution >= 4 is 17.6 Å². The Balaban J connectivity index is 1.80. The highest BCUT2D eigenvalue weighted by atomic mass is 16.5. The van der Waals surface area contributed by atoms with Gasteiger partial charge in [0, 0.05) is 5.69 Å². The van der Waals surface area contributed by atoms with E-state index in [0.717, 1.165) is 19.3 Å². The van der Waals surface area contributed by atoms with E-state index in [-0.39, 0.29) is 29.8 Å². The number of benzene rings is 1. The lowest BCUT2D eigenvalue weighted by molar-refractivity contribution is -0.154. The number of hydrogen-bond acceptors (Lipinski definition) is 3. The molecule has 1 fully saturated rings. The molecule has 0 bridgehead atoms. The number of rotatable bonds is 4. The SMILES string of the molecule is CC(C)(C)c1ccc(NC(=O)COC(=O)C2CCC2)cc1. The Morgan fingerprint density at radius 2 is 1.81 bits per heavy atom. The topological polar surface area (TPSA) is 55.4 Å². The molecule has 4 heteroatoms. The van der Waals surface area contributed by atoms with E-state index in [9.17, 15) is 9.59 Å². The van der Waals surface area contributed by atoms with Crippen LogP contribution in [0.4, 0.5) is 5.69 Å².